The standard InChI is InChI=1S/C9H17BF2O3/c1-2-13-9-7-5-3-4-6-8(7)14-10(11,12)15-9/h7-9,14H,2-6H2,1H3. The normalized spacial score (nSPS) is 39.8. The first-order valence-corrected chi connectivity index (χ1v) is 5.64. The van der Waals surface area contributed by atoms with E-state index in [1.807, 2.05) is 0 Å². The van der Waals surface area contributed by atoms with Crippen LogP contribution in [0.25, 0.3) is 0 Å². The van der Waals surface area contributed by atoms with Crippen LogP contribution in [-0.4, -0.2) is 30.8 Å². The van der Waals surface area contributed by atoms with Crippen LogP contribution in [-0.2, 0) is 9.39 Å². The van der Waals surface area contributed by atoms with E-state index in [0.29, 0.717) is 6.61 Å². The third-order valence-electron chi connectivity index (χ3n) is 3.12. The van der Waals surface area contributed by atoms with Gasteiger partial charge in [0.05, 0.1) is 5.92 Å². The van der Waals surface area contributed by atoms with Crippen molar-refractivity contribution in [2.24, 2.45) is 5.92 Å². The SMILES string of the molecule is CCOC1O[B-](F)(F)[OH+]C2CCCCC12. The van der Waals surface area contributed by atoms with Gasteiger partial charge in [-0.25, -0.2) is 0 Å². The van der Waals surface area contributed by atoms with E-state index in [4.69, 9.17) is 4.74 Å². The monoisotopic (exact) mass is 222 g/mol. The zero-order valence-electron chi connectivity index (χ0n) is 8.86. The number of ether oxygens (including phenoxy) is 1. The van der Waals surface area contributed by atoms with Gasteiger partial charge in [0.1, 0.15) is 12.4 Å². The van der Waals surface area contributed by atoms with E-state index < -0.39 is 13.4 Å². The van der Waals surface area contributed by atoms with Crippen molar-refractivity contribution in [1.29, 1.82) is 0 Å². The first-order chi connectivity index (χ1) is 7.12. The smallest absolute Gasteiger partial charge is 0.594 e. The predicted molar refractivity (Wildman–Crippen MR) is 52.4 cm³/mol. The zero-order chi connectivity index (χ0) is 10.9. The van der Waals surface area contributed by atoms with Crippen LogP contribution in [0.1, 0.15) is 32.6 Å². The van der Waals surface area contributed by atoms with Crippen molar-refractivity contribution in [2.75, 3.05) is 6.61 Å². The molecule has 6 heteroatoms. The molecule has 2 fully saturated rings. The van der Waals surface area contributed by atoms with Crippen LogP contribution in [0.5, 0.6) is 0 Å². The van der Waals surface area contributed by atoms with E-state index in [2.05, 4.69) is 9.31 Å². The van der Waals surface area contributed by atoms with Gasteiger partial charge in [-0.15, -0.1) is 0 Å². The maximum atomic E-state index is 13.1. The fraction of sp³-hybridized carbons (Fsp3) is 1.00. The van der Waals surface area contributed by atoms with Crippen LogP contribution in [0.3, 0.4) is 0 Å². The lowest BCUT2D eigenvalue weighted by Crippen LogP contribution is -2.57. The third-order valence-corrected chi connectivity index (χ3v) is 3.12. The summed E-state index contributed by atoms with van der Waals surface area (Å²) in [4.78, 5) is 0. The van der Waals surface area contributed by atoms with Gasteiger partial charge in [-0.2, -0.15) is 0 Å². The summed E-state index contributed by atoms with van der Waals surface area (Å²) in [7, 11) is -4.01. The molecule has 3 nitrogen and oxygen atoms in total. The average molecular weight is 222 g/mol. The molecule has 1 saturated carbocycles. The van der Waals surface area contributed by atoms with Gasteiger partial charge in [0, 0.05) is 13.0 Å². The third kappa shape index (κ3) is 2.49. The number of hydrogen-bond donors (Lipinski definition) is 0. The van der Waals surface area contributed by atoms with Crippen molar-refractivity contribution in [1.82, 2.24) is 0 Å². The summed E-state index contributed by atoms with van der Waals surface area (Å²) in [6.45, 7) is 2.19. The maximum absolute atomic E-state index is 13.1. The zero-order valence-corrected chi connectivity index (χ0v) is 8.86. The molecule has 1 saturated heterocycles. The van der Waals surface area contributed by atoms with Crippen LogP contribution >= 0.6 is 0 Å². The van der Waals surface area contributed by atoms with Crippen LogP contribution < -0.4 is 0 Å². The highest BCUT2D eigenvalue weighted by Gasteiger charge is 2.54. The highest BCUT2D eigenvalue weighted by molar-refractivity contribution is 6.51. The molecule has 88 valence electrons. The van der Waals surface area contributed by atoms with E-state index in [1.54, 1.807) is 6.92 Å². The Labute approximate surface area is 88.1 Å². The molecule has 1 aliphatic carbocycles. The van der Waals surface area contributed by atoms with E-state index in [0.717, 1.165) is 25.7 Å². The summed E-state index contributed by atoms with van der Waals surface area (Å²) in [5, 5.41) is 0. The van der Waals surface area contributed by atoms with Crippen LogP contribution in [0.4, 0.5) is 8.63 Å². The molecule has 2 rings (SSSR count). The summed E-state index contributed by atoms with van der Waals surface area (Å²) in [6.07, 6.45) is 2.64. The lowest BCUT2D eigenvalue weighted by Gasteiger charge is -2.45. The fourth-order valence-electron chi connectivity index (χ4n) is 2.49. The number of aliphatic hydroxyl groups is 1. The van der Waals surface area contributed by atoms with Crippen LogP contribution in [0.2, 0.25) is 0 Å². The number of rotatable bonds is 2. The second-order valence-corrected chi connectivity index (χ2v) is 4.19. The Bertz CT molecular complexity index is 227. The fourth-order valence-corrected chi connectivity index (χ4v) is 2.49. The lowest BCUT2D eigenvalue weighted by atomic mass is 9.83. The summed E-state index contributed by atoms with van der Waals surface area (Å²) < 4.78 is 39.6. The van der Waals surface area contributed by atoms with Crippen molar-refractivity contribution in [3.05, 3.63) is 0 Å². The molecule has 0 radical (unpaired) electrons. The molecule has 2 aliphatic rings. The predicted octanol–water partition coefficient (Wildman–Crippen LogP) is 1.84. The van der Waals surface area contributed by atoms with E-state index in [-0.39, 0.29) is 12.0 Å². The average Bonchev–Trinajstić information content (AvgIpc) is 2.16. The summed E-state index contributed by atoms with van der Waals surface area (Å²) in [5.41, 5.74) is 0. The first kappa shape index (κ1) is 11.3. The number of halogens is 2. The lowest BCUT2D eigenvalue weighted by molar-refractivity contribution is -0.253. The maximum Gasteiger partial charge on any atom is 0.806 e. The minimum absolute atomic E-state index is 0.0280. The molecule has 0 spiro atoms. The Morgan fingerprint density at radius 2 is 2.13 bits per heavy atom. The quantitative estimate of drug-likeness (QED) is 0.527. The summed E-state index contributed by atoms with van der Waals surface area (Å²) in [6, 6.07) is 0. The van der Waals surface area contributed by atoms with Crippen molar-refractivity contribution >= 4 is 7.11 Å². The summed E-state index contributed by atoms with van der Waals surface area (Å²) >= 11 is 0. The van der Waals surface area contributed by atoms with Gasteiger partial charge in [0.25, 0.3) is 0 Å². The molecule has 0 amide bonds. The molecule has 0 bridgehead atoms. The van der Waals surface area contributed by atoms with Crippen LogP contribution in [0, 0.1) is 5.92 Å². The van der Waals surface area contributed by atoms with E-state index in [1.165, 1.54) is 0 Å². The molecule has 1 aliphatic heterocycles. The Kier molecular flexibility index (Phi) is 3.28. The molecule has 1 N–H and O–H groups in total. The molecule has 0 aromatic heterocycles. The van der Waals surface area contributed by atoms with Crippen molar-refractivity contribution < 1.29 is 22.7 Å². The van der Waals surface area contributed by atoms with Gasteiger partial charge in [0.15, 0.2) is 0 Å². The molecule has 15 heavy (non-hydrogen) atoms. The van der Waals surface area contributed by atoms with E-state index >= 15 is 0 Å². The van der Waals surface area contributed by atoms with Gasteiger partial charge in [-0.1, -0.05) is 6.42 Å². The summed E-state index contributed by atoms with van der Waals surface area (Å²) in [5.74, 6) is 0.0280. The minimum Gasteiger partial charge on any atom is -0.594 e. The number of hydrogen-bond acceptors (Lipinski definition) is 2. The molecule has 3 atom stereocenters. The van der Waals surface area contributed by atoms with Crippen LogP contribution in [0.15, 0.2) is 0 Å². The largest absolute Gasteiger partial charge is 0.806 e. The second kappa shape index (κ2) is 4.35. The van der Waals surface area contributed by atoms with Gasteiger partial charge in [-0.05, 0) is 19.8 Å². The molecule has 0 aromatic rings. The Morgan fingerprint density at radius 3 is 2.87 bits per heavy atom. The van der Waals surface area contributed by atoms with E-state index in [9.17, 15) is 8.63 Å². The first-order valence-electron chi connectivity index (χ1n) is 5.64. The Morgan fingerprint density at radius 1 is 1.40 bits per heavy atom. The van der Waals surface area contributed by atoms with Crippen molar-refractivity contribution in [3.8, 4) is 0 Å². The van der Waals surface area contributed by atoms with Gasteiger partial charge in [0.2, 0.25) is 0 Å². The Hall–Kier alpha value is -0.195. The molecular formula is C9H17BF2O3. The Balaban J connectivity index is 2.06. The van der Waals surface area contributed by atoms with Gasteiger partial charge in [-0.3, -0.25) is 0 Å². The highest BCUT2D eigenvalue weighted by atomic mass is 19.3. The topological polar surface area (TPSA) is 31.3 Å². The second-order valence-electron chi connectivity index (χ2n) is 4.19. The van der Waals surface area contributed by atoms with Gasteiger partial charge >= 0.3 is 7.11 Å². The highest BCUT2D eigenvalue weighted by Crippen LogP contribution is 2.37. The number of fused-ring (bicyclic) bond motifs is 1. The molecule has 3 unspecified atom stereocenters. The minimum atomic E-state index is -4.01. The molecule has 1 heterocycles. The molecular weight excluding hydrogens is 205 g/mol. The van der Waals surface area contributed by atoms with Crippen molar-refractivity contribution in [3.63, 3.8) is 0 Å². The molecule has 0 aromatic carbocycles. The van der Waals surface area contributed by atoms with Crippen molar-refractivity contribution in [2.45, 2.75) is 45.0 Å². The van der Waals surface area contributed by atoms with Gasteiger partial charge < -0.3 is 22.7 Å².